The van der Waals surface area contributed by atoms with Gasteiger partial charge < -0.3 is 9.67 Å². The third-order valence-corrected chi connectivity index (χ3v) is 1.71. The highest BCUT2D eigenvalue weighted by molar-refractivity contribution is 5.93. The van der Waals surface area contributed by atoms with Gasteiger partial charge in [-0.1, -0.05) is 0 Å². The molecule has 0 bridgehead atoms. The lowest BCUT2D eigenvalue weighted by atomic mass is 10.3. The highest BCUT2D eigenvalue weighted by atomic mass is 16.7. The number of rotatable bonds is 4. The van der Waals surface area contributed by atoms with Gasteiger partial charge >= 0.3 is 0 Å². The van der Waals surface area contributed by atoms with Gasteiger partial charge in [-0.15, -0.1) is 0 Å². The van der Waals surface area contributed by atoms with Crippen molar-refractivity contribution in [1.82, 2.24) is 10.0 Å². The van der Waals surface area contributed by atoms with Crippen molar-refractivity contribution in [2.45, 2.75) is 0 Å². The molecule has 1 aromatic rings. The molecule has 0 aliphatic carbocycles. The Bertz CT molecular complexity index is 399. The average Bonchev–Trinajstić information content (AvgIpc) is 2.22. The van der Waals surface area contributed by atoms with E-state index in [9.17, 15) is 9.59 Å². The van der Waals surface area contributed by atoms with E-state index in [-0.39, 0.29) is 18.8 Å². The van der Waals surface area contributed by atoms with E-state index >= 15 is 0 Å². The number of hydrogen-bond acceptors (Lipinski definition) is 4. The SMILES string of the molecule is Cn1cc(C(=O)NOCCO)ccc1=O. The smallest absolute Gasteiger partial charge is 0.276 e. The minimum atomic E-state index is -0.459. The van der Waals surface area contributed by atoms with Gasteiger partial charge in [0, 0.05) is 19.3 Å². The molecule has 0 atom stereocenters. The highest BCUT2D eigenvalue weighted by Gasteiger charge is 2.05. The Balaban J connectivity index is 2.66. The molecule has 0 fully saturated rings. The predicted molar refractivity (Wildman–Crippen MR) is 52.2 cm³/mol. The Morgan fingerprint density at radius 3 is 2.93 bits per heavy atom. The molecular formula is C9H12N2O4. The Hall–Kier alpha value is -1.66. The van der Waals surface area contributed by atoms with Crippen LogP contribution in [0.5, 0.6) is 0 Å². The summed E-state index contributed by atoms with van der Waals surface area (Å²) in [6, 6.07) is 2.70. The number of aryl methyl sites for hydroxylation is 1. The molecule has 1 rings (SSSR count). The molecule has 82 valence electrons. The van der Waals surface area contributed by atoms with Gasteiger partial charge in [-0.25, -0.2) is 5.48 Å². The molecule has 1 aromatic heterocycles. The van der Waals surface area contributed by atoms with Crippen LogP contribution < -0.4 is 11.0 Å². The summed E-state index contributed by atoms with van der Waals surface area (Å²) in [4.78, 5) is 27.0. The summed E-state index contributed by atoms with van der Waals surface area (Å²) in [5, 5.41) is 8.41. The molecule has 0 saturated carbocycles. The monoisotopic (exact) mass is 212 g/mol. The van der Waals surface area contributed by atoms with Gasteiger partial charge in [0.05, 0.1) is 18.8 Å². The fourth-order valence-corrected chi connectivity index (χ4v) is 0.949. The number of aliphatic hydroxyl groups is 1. The van der Waals surface area contributed by atoms with Crippen molar-refractivity contribution in [3.63, 3.8) is 0 Å². The van der Waals surface area contributed by atoms with E-state index in [2.05, 4.69) is 10.3 Å². The van der Waals surface area contributed by atoms with Crippen LogP contribution in [-0.2, 0) is 11.9 Å². The molecule has 1 heterocycles. The third kappa shape index (κ3) is 3.19. The maximum atomic E-state index is 11.3. The number of amides is 1. The number of hydrogen-bond donors (Lipinski definition) is 2. The first-order valence-corrected chi connectivity index (χ1v) is 4.35. The van der Waals surface area contributed by atoms with Crippen LogP contribution in [0.15, 0.2) is 23.1 Å². The second-order valence-corrected chi connectivity index (χ2v) is 2.87. The quantitative estimate of drug-likeness (QED) is 0.497. The van der Waals surface area contributed by atoms with Crippen LogP contribution >= 0.6 is 0 Å². The zero-order valence-corrected chi connectivity index (χ0v) is 8.27. The van der Waals surface area contributed by atoms with Crippen molar-refractivity contribution >= 4 is 5.91 Å². The van der Waals surface area contributed by atoms with Crippen LogP contribution in [0.25, 0.3) is 0 Å². The van der Waals surface area contributed by atoms with Crippen LogP contribution in [0.4, 0.5) is 0 Å². The number of nitrogens with one attached hydrogen (secondary N) is 1. The van der Waals surface area contributed by atoms with E-state index in [1.165, 1.54) is 22.9 Å². The lowest BCUT2D eigenvalue weighted by Gasteiger charge is -2.05. The van der Waals surface area contributed by atoms with Crippen LogP contribution in [0.3, 0.4) is 0 Å². The molecule has 15 heavy (non-hydrogen) atoms. The fraction of sp³-hybridized carbons (Fsp3) is 0.333. The second kappa shape index (κ2) is 5.28. The zero-order chi connectivity index (χ0) is 11.3. The van der Waals surface area contributed by atoms with E-state index in [4.69, 9.17) is 5.11 Å². The number of aliphatic hydroxyl groups excluding tert-OH is 1. The Kier molecular flexibility index (Phi) is 4.02. The minimum Gasteiger partial charge on any atom is -0.394 e. The molecule has 0 aliphatic rings. The molecule has 6 heteroatoms. The summed E-state index contributed by atoms with van der Waals surface area (Å²) >= 11 is 0. The molecule has 1 amide bonds. The minimum absolute atomic E-state index is 0.0253. The van der Waals surface area contributed by atoms with E-state index in [1.54, 1.807) is 7.05 Å². The summed E-state index contributed by atoms with van der Waals surface area (Å²) in [5.74, 6) is -0.459. The summed E-state index contributed by atoms with van der Waals surface area (Å²) in [6.45, 7) is -0.148. The first-order chi connectivity index (χ1) is 7.15. The number of aromatic nitrogens is 1. The number of carbonyl (C=O) groups excluding carboxylic acids is 1. The van der Waals surface area contributed by atoms with Crippen molar-refractivity contribution < 1.29 is 14.7 Å². The fourth-order valence-electron chi connectivity index (χ4n) is 0.949. The summed E-state index contributed by atoms with van der Waals surface area (Å²) in [7, 11) is 1.55. The number of hydroxylamine groups is 1. The average molecular weight is 212 g/mol. The maximum absolute atomic E-state index is 11.3. The van der Waals surface area contributed by atoms with Crippen molar-refractivity contribution in [1.29, 1.82) is 0 Å². The summed E-state index contributed by atoms with van der Waals surface area (Å²) in [6.07, 6.45) is 1.40. The van der Waals surface area contributed by atoms with Crippen molar-refractivity contribution in [2.75, 3.05) is 13.2 Å². The van der Waals surface area contributed by atoms with E-state index in [0.717, 1.165) is 0 Å². The molecule has 0 unspecified atom stereocenters. The van der Waals surface area contributed by atoms with Crippen molar-refractivity contribution in [3.05, 3.63) is 34.2 Å². The normalized spacial score (nSPS) is 10.0. The van der Waals surface area contributed by atoms with Gasteiger partial charge in [-0.05, 0) is 6.07 Å². The lowest BCUT2D eigenvalue weighted by Crippen LogP contribution is -2.27. The maximum Gasteiger partial charge on any atom is 0.276 e. The molecular weight excluding hydrogens is 200 g/mol. The van der Waals surface area contributed by atoms with Gasteiger partial charge in [0.2, 0.25) is 5.56 Å². The third-order valence-electron chi connectivity index (χ3n) is 1.71. The van der Waals surface area contributed by atoms with Gasteiger partial charge in [-0.2, -0.15) is 0 Å². The topological polar surface area (TPSA) is 80.6 Å². The number of nitrogens with zero attached hydrogens (tertiary/aromatic N) is 1. The van der Waals surface area contributed by atoms with Crippen LogP contribution in [-0.4, -0.2) is 28.8 Å². The Labute approximate surface area is 86.1 Å². The van der Waals surface area contributed by atoms with Gasteiger partial charge in [-0.3, -0.25) is 14.4 Å². The van der Waals surface area contributed by atoms with Crippen molar-refractivity contribution in [2.24, 2.45) is 7.05 Å². The molecule has 0 saturated heterocycles. The van der Waals surface area contributed by atoms with E-state index < -0.39 is 5.91 Å². The van der Waals surface area contributed by atoms with E-state index in [1.807, 2.05) is 0 Å². The standard InChI is InChI=1S/C9H12N2O4/c1-11-6-7(2-3-8(11)13)9(14)10-15-5-4-12/h2-3,6,12H,4-5H2,1H3,(H,10,14). The lowest BCUT2D eigenvalue weighted by molar-refractivity contribution is 0.0168. The molecule has 2 N–H and O–H groups in total. The Morgan fingerprint density at radius 1 is 1.60 bits per heavy atom. The predicted octanol–water partition coefficient (Wildman–Crippen LogP) is -0.961. The second-order valence-electron chi connectivity index (χ2n) is 2.87. The number of pyridine rings is 1. The largest absolute Gasteiger partial charge is 0.394 e. The molecule has 0 spiro atoms. The zero-order valence-electron chi connectivity index (χ0n) is 8.27. The van der Waals surface area contributed by atoms with E-state index in [0.29, 0.717) is 5.56 Å². The van der Waals surface area contributed by atoms with Crippen LogP contribution in [0, 0.1) is 0 Å². The Morgan fingerprint density at radius 2 is 2.33 bits per heavy atom. The summed E-state index contributed by atoms with van der Waals surface area (Å²) in [5.41, 5.74) is 2.26. The van der Waals surface area contributed by atoms with Gasteiger partial charge in [0.1, 0.15) is 0 Å². The van der Waals surface area contributed by atoms with Gasteiger partial charge in [0.15, 0.2) is 0 Å². The van der Waals surface area contributed by atoms with Gasteiger partial charge in [0.25, 0.3) is 5.91 Å². The first kappa shape index (κ1) is 11.4. The highest BCUT2D eigenvalue weighted by Crippen LogP contribution is 1.94. The molecule has 0 aliphatic heterocycles. The molecule has 6 nitrogen and oxygen atoms in total. The molecule has 0 radical (unpaired) electrons. The number of carbonyl (C=O) groups is 1. The summed E-state index contributed by atoms with van der Waals surface area (Å²) < 4.78 is 1.29. The first-order valence-electron chi connectivity index (χ1n) is 4.35. The van der Waals surface area contributed by atoms with Crippen LogP contribution in [0.1, 0.15) is 10.4 Å². The molecule has 0 aromatic carbocycles. The van der Waals surface area contributed by atoms with Crippen molar-refractivity contribution in [3.8, 4) is 0 Å². The van der Waals surface area contributed by atoms with Crippen LogP contribution in [0.2, 0.25) is 0 Å².